The number of amides is 2. The van der Waals surface area contributed by atoms with E-state index in [2.05, 4.69) is 4.98 Å². The molecular formula is C26H21Cl2N3O4S. The van der Waals surface area contributed by atoms with Crippen LogP contribution in [-0.2, 0) is 26.0 Å². The topological polar surface area (TPSA) is 90.5 Å². The van der Waals surface area contributed by atoms with Gasteiger partial charge < -0.3 is 4.98 Å². The Balaban J connectivity index is 1.54. The van der Waals surface area contributed by atoms with Gasteiger partial charge in [-0.05, 0) is 48.4 Å². The number of fused-ring (bicyclic) bond motifs is 1. The summed E-state index contributed by atoms with van der Waals surface area (Å²) in [5.74, 6) is -1.08. The van der Waals surface area contributed by atoms with Crippen LogP contribution in [0.2, 0.25) is 10.0 Å². The highest BCUT2D eigenvalue weighted by atomic mass is 35.5. The van der Waals surface area contributed by atoms with Gasteiger partial charge in [0.15, 0.2) is 0 Å². The minimum atomic E-state index is -4.30. The highest BCUT2D eigenvalue weighted by molar-refractivity contribution is 7.89. The Morgan fingerprint density at radius 1 is 0.972 bits per heavy atom. The minimum absolute atomic E-state index is 0.0202. The number of para-hydroxylation sites is 2. The van der Waals surface area contributed by atoms with Crippen molar-refractivity contribution in [2.75, 3.05) is 11.4 Å². The SMILES string of the molecule is O=C1CC(N(CCc2c[nH]c3ccccc23)S(=O)(=O)c2cc(Cl)ccc2Cl)C(=O)N1c1ccccc1. The van der Waals surface area contributed by atoms with Crippen LogP contribution in [-0.4, -0.2) is 42.1 Å². The van der Waals surface area contributed by atoms with Crippen molar-refractivity contribution < 1.29 is 18.0 Å². The van der Waals surface area contributed by atoms with Gasteiger partial charge in [-0.3, -0.25) is 9.59 Å². The number of anilines is 1. The highest BCUT2D eigenvalue weighted by Crippen LogP contribution is 2.33. The van der Waals surface area contributed by atoms with Gasteiger partial charge in [-0.2, -0.15) is 4.31 Å². The molecular weight excluding hydrogens is 521 g/mol. The number of carbonyl (C=O) groups excluding carboxylic acids is 2. The van der Waals surface area contributed by atoms with Gasteiger partial charge in [0, 0.05) is 28.7 Å². The summed E-state index contributed by atoms with van der Waals surface area (Å²) in [7, 11) is -4.30. The van der Waals surface area contributed by atoms with Crippen LogP contribution in [0.15, 0.2) is 83.9 Å². The molecule has 1 N–H and O–H groups in total. The molecule has 184 valence electrons. The van der Waals surface area contributed by atoms with Crippen molar-refractivity contribution in [3.8, 4) is 0 Å². The number of H-pyrrole nitrogens is 1. The van der Waals surface area contributed by atoms with Gasteiger partial charge in [0.25, 0.3) is 5.91 Å². The summed E-state index contributed by atoms with van der Waals surface area (Å²) < 4.78 is 28.9. The predicted octanol–water partition coefficient (Wildman–Crippen LogP) is 5.04. The molecule has 7 nitrogen and oxygen atoms in total. The van der Waals surface area contributed by atoms with Crippen LogP contribution in [0.25, 0.3) is 10.9 Å². The van der Waals surface area contributed by atoms with E-state index < -0.39 is 27.9 Å². The van der Waals surface area contributed by atoms with Crippen molar-refractivity contribution >= 4 is 61.6 Å². The van der Waals surface area contributed by atoms with E-state index in [0.717, 1.165) is 25.7 Å². The van der Waals surface area contributed by atoms with Gasteiger partial charge in [0.1, 0.15) is 10.9 Å². The summed E-state index contributed by atoms with van der Waals surface area (Å²) >= 11 is 12.4. The zero-order chi connectivity index (χ0) is 25.4. The van der Waals surface area contributed by atoms with Crippen molar-refractivity contribution in [3.63, 3.8) is 0 Å². The van der Waals surface area contributed by atoms with E-state index in [1.165, 1.54) is 18.2 Å². The number of rotatable bonds is 7. The summed E-state index contributed by atoms with van der Waals surface area (Å²) in [6.45, 7) is -0.0423. The summed E-state index contributed by atoms with van der Waals surface area (Å²) in [4.78, 5) is 30.4. The molecule has 2 heterocycles. The Bertz CT molecular complexity index is 1570. The lowest BCUT2D eigenvalue weighted by atomic mass is 10.1. The van der Waals surface area contributed by atoms with Crippen LogP contribution in [0, 0.1) is 0 Å². The molecule has 1 saturated heterocycles. The Morgan fingerprint density at radius 3 is 2.47 bits per heavy atom. The van der Waals surface area contributed by atoms with Crippen LogP contribution in [0.4, 0.5) is 5.69 Å². The first-order valence-electron chi connectivity index (χ1n) is 11.2. The summed E-state index contributed by atoms with van der Waals surface area (Å²) in [5.41, 5.74) is 2.20. The van der Waals surface area contributed by atoms with E-state index in [1.807, 2.05) is 30.5 Å². The second-order valence-corrected chi connectivity index (χ2v) is 11.1. The first-order chi connectivity index (χ1) is 17.3. The van der Waals surface area contributed by atoms with Gasteiger partial charge in [-0.15, -0.1) is 0 Å². The van der Waals surface area contributed by atoms with E-state index in [9.17, 15) is 18.0 Å². The number of nitrogens with one attached hydrogen (secondary N) is 1. The molecule has 36 heavy (non-hydrogen) atoms. The number of nitrogens with zero attached hydrogens (tertiary/aromatic N) is 2. The number of aromatic amines is 1. The van der Waals surface area contributed by atoms with Gasteiger partial charge in [0.2, 0.25) is 15.9 Å². The largest absolute Gasteiger partial charge is 0.361 e. The Labute approximate surface area is 218 Å². The fourth-order valence-electron chi connectivity index (χ4n) is 4.50. The number of carbonyl (C=O) groups is 2. The van der Waals surface area contributed by atoms with Crippen molar-refractivity contribution in [2.45, 2.75) is 23.8 Å². The van der Waals surface area contributed by atoms with E-state index in [-0.39, 0.29) is 27.9 Å². The Morgan fingerprint density at radius 2 is 1.69 bits per heavy atom. The number of benzene rings is 3. The molecule has 1 aliphatic heterocycles. The molecule has 0 saturated carbocycles. The van der Waals surface area contributed by atoms with Crippen LogP contribution in [0.3, 0.4) is 0 Å². The normalized spacial score (nSPS) is 16.4. The van der Waals surface area contributed by atoms with Crippen LogP contribution < -0.4 is 4.90 Å². The van der Waals surface area contributed by atoms with E-state index in [1.54, 1.807) is 30.3 Å². The number of hydrogen-bond donors (Lipinski definition) is 1. The Kier molecular flexibility index (Phi) is 6.61. The molecule has 1 unspecified atom stereocenters. The van der Waals surface area contributed by atoms with Crippen molar-refractivity contribution in [3.05, 3.63) is 94.6 Å². The van der Waals surface area contributed by atoms with E-state index in [4.69, 9.17) is 23.2 Å². The molecule has 2 amide bonds. The molecule has 1 aliphatic rings. The highest BCUT2D eigenvalue weighted by Gasteiger charge is 2.47. The third kappa shape index (κ3) is 4.41. The number of imide groups is 1. The standard InChI is InChI=1S/C26H21Cl2N3O4S/c27-18-10-11-21(28)24(14-18)36(34,35)30(13-12-17-16-29-22-9-5-4-8-20(17)22)23-15-25(32)31(26(23)33)19-6-2-1-3-7-19/h1-11,14,16,23,29H,12-13,15H2. The van der Waals surface area contributed by atoms with Crippen LogP contribution >= 0.6 is 23.2 Å². The second-order valence-electron chi connectivity index (χ2n) is 8.42. The van der Waals surface area contributed by atoms with Crippen molar-refractivity contribution in [2.24, 2.45) is 0 Å². The van der Waals surface area contributed by atoms with Gasteiger partial charge in [-0.25, -0.2) is 13.3 Å². The van der Waals surface area contributed by atoms with Crippen LogP contribution in [0.1, 0.15) is 12.0 Å². The quantitative estimate of drug-likeness (QED) is 0.332. The van der Waals surface area contributed by atoms with E-state index >= 15 is 0 Å². The second kappa shape index (κ2) is 9.71. The lowest BCUT2D eigenvalue weighted by Crippen LogP contribution is -2.46. The molecule has 0 bridgehead atoms. The molecule has 1 fully saturated rings. The maximum Gasteiger partial charge on any atom is 0.252 e. The average Bonchev–Trinajstić information content (AvgIpc) is 3.41. The Hall–Kier alpha value is -3.17. The molecule has 0 spiro atoms. The van der Waals surface area contributed by atoms with E-state index in [0.29, 0.717) is 12.1 Å². The average molecular weight is 542 g/mol. The summed E-state index contributed by atoms with van der Waals surface area (Å²) in [5, 5.41) is 1.12. The number of hydrogen-bond acceptors (Lipinski definition) is 4. The number of halogens is 2. The molecule has 0 aliphatic carbocycles. The van der Waals surface area contributed by atoms with Gasteiger partial charge >= 0.3 is 0 Å². The van der Waals surface area contributed by atoms with Crippen LogP contribution in [0.5, 0.6) is 0 Å². The van der Waals surface area contributed by atoms with Crippen molar-refractivity contribution in [1.82, 2.24) is 9.29 Å². The maximum atomic E-state index is 13.9. The first-order valence-corrected chi connectivity index (χ1v) is 13.4. The predicted molar refractivity (Wildman–Crippen MR) is 140 cm³/mol. The number of aromatic nitrogens is 1. The zero-order valence-corrected chi connectivity index (χ0v) is 21.2. The monoisotopic (exact) mass is 541 g/mol. The lowest BCUT2D eigenvalue weighted by Gasteiger charge is -2.27. The van der Waals surface area contributed by atoms with Gasteiger partial charge in [-0.1, -0.05) is 59.6 Å². The molecule has 1 aromatic heterocycles. The molecule has 1 atom stereocenters. The maximum absolute atomic E-state index is 13.9. The fourth-order valence-corrected chi connectivity index (χ4v) is 6.82. The van der Waals surface area contributed by atoms with Crippen molar-refractivity contribution in [1.29, 1.82) is 0 Å². The molecule has 5 rings (SSSR count). The zero-order valence-electron chi connectivity index (χ0n) is 18.9. The first kappa shape index (κ1) is 24.5. The fraction of sp³-hybridized carbons (Fsp3) is 0.154. The smallest absolute Gasteiger partial charge is 0.252 e. The minimum Gasteiger partial charge on any atom is -0.361 e. The summed E-state index contributed by atoms with van der Waals surface area (Å²) in [6, 6.07) is 19.0. The third-order valence-electron chi connectivity index (χ3n) is 6.24. The molecule has 4 aromatic rings. The number of sulfonamides is 1. The molecule has 3 aromatic carbocycles. The van der Waals surface area contributed by atoms with Gasteiger partial charge in [0.05, 0.1) is 17.1 Å². The molecule has 0 radical (unpaired) electrons. The third-order valence-corrected chi connectivity index (χ3v) is 8.87. The lowest BCUT2D eigenvalue weighted by molar-refractivity contribution is -0.122. The molecule has 10 heteroatoms. The summed E-state index contributed by atoms with van der Waals surface area (Å²) in [6.07, 6.45) is 1.85.